The van der Waals surface area contributed by atoms with Gasteiger partial charge in [-0.05, 0) is 26.8 Å². The van der Waals surface area contributed by atoms with Crippen molar-refractivity contribution >= 4 is 17.6 Å². The van der Waals surface area contributed by atoms with E-state index in [1.807, 2.05) is 0 Å². The minimum absolute atomic E-state index is 0.118. The number of nitrogens with one attached hydrogen (secondary N) is 2. The molecule has 0 saturated carbocycles. The number of hydrogen-bond donors (Lipinski definition) is 3. The second kappa shape index (κ2) is 6.71. The van der Waals surface area contributed by atoms with E-state index in [-0.39, 0.29) is 24.6 Å². The van der Waals surface area contributed by atoms with Gasteiger partial charge < -0.3 is 21.1 Å². The van der Waals surface area contributed by atoms with Gasteiger partial charge >= 0.3 is 12.3 Å². The Morgan fingerprint density at radius 3 is 2.45 bits per heavy atom. The average molecular weight is 320 g/mol. The van der Waals surface area contributed by atoms with E-state index < -0.39 is 23.4 Å². The Hall–Kier alpha value is -2.19. The van der Waals surface area contributed by atoms with Crippen LogP contribution in [0.3, 0.4) is 0 Å². The lowest BCUT2D eigenvalue weighted by molar-refractivity contribution is -0.137. The number of amides is 1. The minimum Gasteiger partial charge on any atom is -0.444 e. The van der Waals surface area contributed by atoms with Crippen molar-refractivity contribution in [2.75, 3.05) is 24.1 Å². The fraction of sp³-hybridized carbons (Fsp3) is 0.538. The first-order chi connectivity index (χ1) is 9.99. The summed E-state index contributed by atoms with van der Waals surface area (Å²) in [6.45, 7) is 5.64. The van der Waals surface area contributed by atoms with Crippen molar-refractivity contribution < 1.29 is 22.7 Å². The number of halogens is 3. The van der Waals surface area contributed by atoms with E-state index in [0.717, 1.165) is 6.07 Å². The molecule has 0 saturated heterocycles. The number of pyridine rings is 1. The van der Waals surface area contributed by atoms with E-state index in [4.69, 9.17) is 10.5 Å². The molecule has 4 N–H and O–H groups in total. The van der Waals surface area contributed by atoms with Gasteiger partial charge in [-0.15, -0.1) is 0 Å². The quantitative estimate of drug-likeness (QED) is 0.742. The van der Waals surface area contributed by atoms with Gasteiger partial charge in [0.25, 0.3) is 0 Å². The van der Waals surface area contributed by atoms with Gasteiger partial charge in [0.1, 0.15) is 11.4 Å². The van der Waals surface area contributed by atoms with Crippen molar-refractivity contribution in [3.63, 3.8) is 0 Å². The summed E-state index contributed by atoms with van der Waals surface area (Å²) in [7, 11) is 0. The Morgan fingerprint density at radius 2 is 1.95 bits per heavy atom. The molecule has 22 heavy (non-hydrogen) atoms. The van der Waals surface area contributed by atoms with Crippen molar-refractivity contribution in [3.8, 4) is 0 Å². The molecule has 1 aromatic heterocycles. The van der Waals surface area contributed by atoms with Gasteiger partial charge in [0.15, 0.2) is 0 Å². The number of anilines is 2. The summed E-state index contributed by atoms with van der Waals surface area (Å²) in [5.41, 5.74) is 3.87. The summed E-state index contributed by atoms with van der Waals surface area (Å²) in [4.78, 5) is 15.0. The number of alkyl halides is 3. The maximum absolute atomic E-state index is 12.5. The summed E-state index contributed by atoms with van der Waals surface area (Å²) in [5, 5.41) is 5.23. The zero-order valence-corrected chi connectivity index (χ0v) is 12.5. The topological polar surface area (TPSA) is 89.3 Å². The highest BCUT2D eigenvalue weighted by molar-refractivity contribution is 5.67. The van der Waals surface area contributed by atoms with E-state index in [0.29, 0.717) is 6.20 Å². The highest BCUT2D eigenvalue weighted by Crippen LogP contribution is 2.31. The van der Waals surface area contributed by atoms with Crippen LogP contribution in [-0.4, -0.2) is 29.8 Å². The van der Waals surface area contributed by atoms with Crippen LogP contribution in [0.15, 0.2) is 12.3 Å². The van der Waals surface area contributed by atoms with Crippen molar-refractivity contribution in [1.82, 2.24) is 10.3 Å². The van der Waals surface area contributed by atoms with Gasteiger partial charge in [-0.2, -0.15) is 13.2 Å². The highest BCUT2D eigenvalue weighted by Gasteiger charge is 2.31. The molecule has 6 nitrogen and oxygen atoms in total. The van der Waals surface area contributed by atoms with Crippen LogP contribution in [0.5, 0.6) is 0 Å². The molecule has 0 aliphatic carbocycles. The maximum atomic E-state index is 12.5. The zero-order valence-electron chi connectivity index (χ0n) is 12.5. The molecule has 1 rings (SSSR count). The third kappa shape index (κ3) is 6.06. The molecular formula is C13H19F3N4O2. The Bertz CT molecular complexity index is 527. The Kier molecular flexibility index (Phi) is 5.45. The normalized spacial score (nSPS) is 11.9. The smallest absolute Gasteiger partial charge is 0.417 e. The molecule has 0 spiro atoms. The fourth-order valence-electron chi connectivity index (χ4n) is 1.44. The van der Waals surface area contributed by atoms with E-state index in [2.05, 4.69) is 15.6 Å². The van der Waals surface area contributed by atoms with Crippen molar-refractivity contribution in [2.24, 2.45) is 0 Å². The van der Waals surface area contributed by atoms with Gasteiger partial charge in [-0.1, -0.05) is 0 Å². The molecule has 0 aliphatic rings. The van der Waals surface area contributed by atoms with Crippen LogP contribution in [0.4, 0.5) is 29.5 Å². The molecule has 0 unspecified atom stereocenters. The van der Waals surface area contributed by atoms with Crippen LogP contribution in [0, 0.1) is 0 Å². The molecule has 0 fully saturated rings. The molecule has 0 radical (unpaired) electrons. The van der Waals surface area contributed by atoms with E-state index in [1.54, 1.807) is 20.8 Å². The molecule has 1 aromatic rings. The second-order valence-electron chi connectivity index (χ2n) is 5.52. The molecule has 9 heteroatoms. The number of nitrogen functional groups attached to an aromatic ring is 1. The van der Waals surface area contributed by atoms with Gasteiger partial charge in [-0.3, -0.25) is 0 Å². The van der Waals surface area contributed by atoms with Crippen LogP contribution in [0.1, 0.15) is 26.3 Å². The maximum Gasteiger partial charge on any atom is 0.417 e. The number of carbonyl (C=O) groups is 1. The van der Waals surface area contributed by atoms with Crippen LogP contribution in [-0.2, 0) is 10.9 Å². The first-order valence-corrected chi connectivity index (χ1v) is 6.52. The SMILES string of the molecule is CC(C)(C)OC(=O)NCCNc1ncc(C(F)(F)F)cc1N. The number of aromatic nitrogens is 1. The van der Waals surface area contributed by atoms with Gasteiger partial charge in [0, 0.05) is 19.3 Å². The molecule has 0 aromatic carbocycles. The first kappa shape index (κ1) is 17.9. The zero-order chi connectivity index (χ0) is 17.0. The second-order valence-corrected chi connectivity index (χ2v) is 5.52. The summed E-state index contributed by atoms with van der Waals surface area (Å²) >= 11 is 0. The first-order valence-electron chi connectivity index (χ1n) is 6.52. The molecule has 1 amide bonds. The fourth-order valence-corrected chi connectivity index (χ4v) is 1.44. The van der Waals surface area contributed by atoms with Crippen LogP contribution < -0.4 is 16.4 Å². The lowest BCUT2D eigenvalue weighted by Gasteiger charge is -2.19. The summed E-state index contributed by atoms with van der Waals surface area (Å²) < 4.78 is 42.4. The van der Waals surface area contributed by atoms with Gasteiger partial charge in [0.2, 0.25) is 0 Å². The monoisotopic (exact) mass is 320 g/mol. The molecule has 1 heterocycles. The standard InChI is InChI=1S/C13H19F3N4O2/c1-12(2,3)22-11(21)19-5-4-18-10-9(17)6-8(7-20-10)13(14,15)16/h6-7H,4-5,17H2,1-3H3,(H,18,20)(H,19,21). The molecule has 124 valence electrons. The number of nitrogens with two attached hydrogens (primary N) is 1. The van der Waals surface area contributed by atoms with E-state index >= 15 is 0 Å². The van der Waals surface area contributed by atoms with Crippen molar-refractivity contribution in [2.45, 2.75) is 32.5 Å². The lowest BCUT2D eigenvalue weighted by Crippen LogP contribution is -2.35. The van der Waals surface area contributed by atoms with E-state index in [9.17, 15) is 18.0 Å². The number of alkyl carbamates (subject to hydrolysis) is 1. The number of carbonyl (C=O) groups excluding carboxylic acids is 1. The number of ether oxygens (including phenoxy) is 1. The number of rotatable bonds is 4. The van der Waals surface area contributed by atoms with Crippen LogP contribution in [0.2, 0.25) is 0 Å². The van der Waals surface area contributed by atoms with Crippen molar-refractivity contribution in [3.05, 3.63) is 17.8 Å². The van der Waals surface area contributed by atoms with Crippen molar-refractivity contribution in [1.29, 1.82) is 0 Å². The largest absolute Gasteiger partial charge is 0.444 e. The molecule has 0 bridgehead atoms. The summed E-state index contributed by atoms with van der Waals surface area (Å²) in [6.07, 6.45) is -4.37. The van der Waals surface area contributed by atoms with Crippen LogP contribution >= 0.6 is 0 Å². The van der Waals surface area contributed by atoms with Gasteiger partial charge in [0.05, 0.1) is 11.3 Å². The molecular weight excluding hydrogens is 301 g/mol. The number of hydrogen-bond acceptors (Lipinski definition) is 5. The minimum atomic E-state index is -4.49. The third-order valence-corrected chi connectivity index (χ3v) is 2.33. The Morgan fingerprint density at radius 1 is 1.32 bits per heavy atom. The molecule has 0 aliphatic heterocycles. The summed E-state index contributed by atoms with van der Waals surface area (Å²) in [6, 6.07) is 0.802. The lowest BCUT2D eigenvalue weighted by atomic mass is 10.2. The third-order valence-electron chi connectivity index (χ3n) is 2.33. The Labute approximate surface area is 126 Å². The predicted molar refractivity (Wildman–Crippen MR) is 76.4 cm³/mol. The highest BCUT2D eigenvalue weighted by atomic mass is 19.4. The molecule has 0 atom stereocenters. The predicted octanol–water partition coefficient (Wildman–Crippen LogP) is 2.62. The van der Waals surface area contributed by atoms with Gasteiger partial charge in [-0.25, -0.2) is 9.78 Å². The average Bonchev–Trinajstić information content (AvgIpc) is 2.32. The van der Waals surface area contributed by atoms with E-state index in [1.165, 1.54) is 0 Å². The van der Waals surface area contributed by atoms with Crippen LogP contribution in [0.25, 0.3) is 0 Å². The summed E-state index contributed by atoms with van der Waals surface area (Å²) in [5.74, 6) is 0.124. The number of nitrogens with zero attached hydrogens (tertiary/aromatic N) is 1. The Balaban J connectivity index is 2.45.